The average Bonchev–Trinajstić information content (AvgIpc) is 3.00. The van der Waals surface area contributed by atoms with Crippen molar-refractivity contribution in [2.75, 3.05) is 38.0 Å². The lowest BCUT2D eigenvalue weighted by Gasteiger charge is -2.37. The summed E-state index contributed by atoms with van der Waals surface area (Å²) in [4.78, 5) is 25.5. The van der Waals surface area contributed by atoms with Gasteiger partial charge in [0.15, 0.2) is 0 Å². The van der Waals surface area contributed by atoms with E-state index in [9.17, 15) is 4.79 Å². The van der Waals surface area contributed by atoms with E-state index in [0.29, 0.717) is 17.6 Å². The molecule has 2 aliphatic heterocycles. The Bertz CT molecular complexity index is 507. The van der Waals surface area contributed by atoms with E-state index < -0.39 is 0 Å². The monoisotopic (exact) mass is 289 g/mol. The summed E-state index contributed by atoms with van der Waals surface area (Å²) in [5.74, 6) is 0.691. The summed E-state index contributed by atoms with van der Waals surface area (Å²) in [6.45, 7) is 6.72. The number of fused-ring (bicyclic) bond motifs is 1. The molecule has 0 spiro atoms. The highest BCUT2D eigenvalue weighted by atomic mass is 16.2. The number of piperazine rings is 1. The molecule has 1 N–H and O–H groups in total. The molecule has 2 saturated heterocycles. The number of hydrogen-bond donors (Lipinski definition) is 1. The topological polar surface area (TPSA) is 61.4 Å². The van der Waals surface area contributed by atoms with Crippen LogP contribution in [0.5, 0.6) is 0 Å². The fourth-order valence-corrected chi connectivity index (χ4v) is 3.14. The predicted octanol–water partition coefficient (Wildman–Crippen LogP) is 1.22. The minimum Gasteiger partial charge on any atom is -0.369 e. The maximum Gasteiger partial charge on any atom is 0.274 e. The molecule has 3 rings (SSSR count). The first-order valence-corrected chi connectivity index (χ1v) is 7.87. The smallest absolute Gasteiger partial charge is 0.274 e. The second kappa shape index (κ2) is 6.39. The van der Waals surface area contributed by atoms with Crippen molar-refractivity contribution in [3.05, 3.63) is 18.1 Å². The van der Waals surface area contributed by atoms with E-state index in [1.54, 1.807) is 12.4 Å². The summed E-state index contributed by atoms with van der Waals surface area (Å²) in [5.41, 5.74) is 0.447. The fraction of sp³-hybridized carbons (Fsp3) is 0.667. The Kier molecular flexibility index (Phi) is 4.34. The van der Waals surface area contributed by atoms with Gasteiger partial charge >= 0.3 is 0 Å². The summed E-state index contributed by atoms with van der Waals surface area (Å²) >= 11 is 0. The molecule has 3 heterocycles. The van der Waals surface area contributed by atoms with Gasteiger partial charge in [-0.2, -0.15) is 0 Å². The molecule has 0 aromatic carbocycles. The number of nitrogens with zero attached hydrogens (tertiary/aromatic N) is 4. The van der Waals surface area contributed by atoms with E-state index in [4.69, 9.17) is 0 Å². The molecule has 1 unspecified atom stereocenters. The van der Waals surface area contributed by atoms with Gasteiger partial charge in [-0.1, -0.05) is 6.92 Å². The predicted molar refractivity (Wildman–Crippen MR) is 81.3 cm³/mol. The summed E-state index contributed by atoms with van der Waals surface area (Å²) in [6, 6.07) is 0.539. The van der Waals surface area contributed by atoms with E-state index >= 15 is 0 Å². The molecule has 1 aromatic heterocycles. The van der Waals surface area contributed by atoms with Crippen molar-refractivity contribution in [3.63, 3.8) is 0 Å². The SMILES string of the molecule is CCCNc1cncc(C(=O)N2CCN3CCCC3C2)n1. The Morgan fingerprint density at radius 1 is 1.38 bits per heavy atom. The minimum absolute atomic E-state index is 0.00852. The van der Waals surface area contributed by atoms with E-state index in [-0.39, 0.29) is 5.91 Å². The first-order valence-electron chi connectivity index (χ1n) is 7.87. The molecule has 6 nitrogen and oxygen atoms in total. The highest BCUT2D eigenvalue weighted by Gasteiger charge is 2.33. The number of amides is 1. The van der Waals surface area contributed by atoms with Crippen molar-refractivity contribution in [1.82, 2.24) is 19.8 Å². The van der Waals surface area contributed by atoms with Crippen molar-refractivity contribution in [2.45, 2.75) is 32.2 Å². The molecule has 6 heteroatoms. The van der Waals surface area contributed by atoms with Crippen LogP contribution in [0.1, 0.15) is 36.7 Å². The second-order valence-corrected chi connectivity index (χ2v) is 5.80. The number of hydrogen-bond acceptors (Lipinski definition) is 5. The maximum absolute atomic E-state index is 12.6. The molecule has 1 atom stereocenters. The Labute approximate surface area is 125 Å². The van der Waals surface area contributed by atoms with Crippen LogP contribution in [0.3, 0.4) is 0 Å². The van der Waals surface area contributed by atoms with Gasteiger partial charge in [0.2, 0.25) is 0 Å². The number of rotatable bonds is 4. The molecule has 21 heavy (non-hydrogen) atoms. The lowest BCUT2D eigenvalue weighted by molar-refractivity contribution is 0.0565. The van der Waals surface area contributed by atoms with Gasteiger partial charge in [0.05, 0.1) is 12.4 Å². The van der Waals surface area contributed by atoms with E-state index in [1.165, 1.54) is 19.4 Å². The zero-order valence-corrected chi connectivity index (χ0v) is 12.6. The first kappa shape index (κ1) is 14.3. The molecule has 0 saturated carbocycles. The van der Waals surface area contributed by atoms with E-state index in [0.717, 1.165) is 32.6 Å². The molecule has 2 fully saturated rings. The van der Waals surface area contributed by atoms with Crippen LogP contribution in [0.15, 0.2) is 12.4 Å². The summed E-state index contributed by atoms with van der Waals surface area (Å²) < 4.78 is 0. The zero-order valence-electron chi connectivity index (χ0n) is 12.6. The second-order valence-electron chi connectivity index (χ2n) is 5.80. The van der Waals surface area contributed by atoms with Gasteiger partial charge in [-0.25, -0.2) is 4.98 Å². The van der Waals surface area contributed by atoms with Crippen LogP contribution >= 0.6 is 0 Å². The normalized spacial score (nSPS) is 22.1. The average molecular weight is 289 g/mol. The van der Waals surface area contributed by atoms with Gasteiger partial charge in [0.25, 0.3) is 5.91 Å². The standard InChI is InChI=1S/C15H23N5O/c1-2-5-17-14-10-16-9-13(18-14)15(21)20-8-7-19-6-3-4-12(19)11-20/h9-10,12H,2-8,11H2,1H3,(H,17,18). The van der Waals surface area contributed by atoms with Crippen molar-refractivity contribution in [2.24, 2.45) is 0 Å². The number of anilines is 1. The quantitative estimate of drug-likeness (QED) is 0.903. The summed E-state index contributed by atoms with van der Waals surface area (Å²) in [5, 5.41) is 3.18. The highest BCUT2D eigenvalue weighted by Crippen LogP contribution is 2.22. The van der Waals surface area contributed by atoms with Gasteiger partial charge in [0, 0.05) is 32.2 Å². The molecule has 0 radical (unpaired) electrons. The third kappa shape index (κ3) is 3.15. The Balaban J connectivity index is 1.67. The van der Waals surface area contributed by atoms with Crippen molar-refractivity contribution < 1.29 is 4.79 Å². The fourth-order valence-electron chi connectivity index (χ4n) is 3.14. The Morgan fingerprint density at radius 2 is 2.29 bits per heavy atom. The van der Waals surface area contributed by atoms with Crippen molar-refractivity contribution >= 4 is 11.7 Å². The van der Waals surface area contributed by atoms with E-state index in [2.05, 4.69) is 27.1 Å². The molecular formula is C15H23N5O. The number of nitrogens with one attached hydrogen (secondary N) is 1. The summed E-state index contributed by atoms with van der Waals surface area (Å²) in [7, 11) is 0. The van der Waals surface area contributed by atoms with E-state index in [1.807, 2.05) is 4.90 Å². The molecule has 0 bridgehead atoms. The lowest BCUT2D eigenvalue weighted by Crippen LogP contribution is -2.52. The molecule has 1 amide bonds. The molecule has 0 aliphatic carbocycles. The number of carbonyl (C=O) groups is 1. The third-order valence-electron chi connectivity index (χ3n) is 4.28. The third-order valence-corrected chi connectivity index (χ3v) is 4.28. The van der Waals surface area contributed by atoms with Crippen LogP contribution in [0.4, 0.5) is 5.82 Å². The van der Waals surface area contributed by atoms with Crippen LogP contribution in [-0.2, 0) is 0 Å². The largest absolute Gasteiger partial charge is 0.369 e. The van der Waals surface area contributed by atoms with Crippen LogP contribution in [0.2, 0.25) is 0 Å². The van der Waals surface area contributed by atoms with Gasteiger partial charge < -0.3 is 10.2 Å². The van der Waals surface area contributed by atoms with Gasteiger partial charge in [-0.3, -0.25) is 14.7 Å². The van der Waals surface area contributed by atoms with Crippen LogP contribution in [0, 0.1) is 0 Å². The Morgan fingerprint density at radius 3 is 3.14 bits per heavy atom. The first-order chi connectivity index (χ1) is 10.3. The van der Waals surface area contributed by atoms with Gasteiger partial charge in [0.1, 0.15) is 11.5 Å². The Hall–Kier alpha value is -1.69. The van der Waals surface area contributed by atoms with Crippen LogP contribution in [-0.4, -0.2) is 64.4 Å². The highest BCUT2D eigenvalue weighted by molar-refractivity contribution is 5.92. The van der Waals surface area contributed by atoms with Crippen molar-refractivity contribution in [3.8, 4) is 0 Å². The molecular weight excluding hydrogens is 266 g/mol. The van der Waals surface area contributed by atoms with Gasteiger partial charge in [-0.15, -0.1) is 0 Å². The number of carbonyl (C=O) groups excluding carboxylic acids is 1. The minimum atomic E-state index is 0.00852. The van der Waals surface area contributed by atoms with Gasteiger partial charge in [-0.05, 0) is 25.8 Å². The molecule has 1 aromatic rings. The molecule has 2 aliphatic rings. The number of aromatic nitrogens is 2. The summed E-state index contributed by atoms with van der Waals surface area (Å²) in [6.07, 6.45) is 6.71. The molecule has 114 valence electrons. The van der Waals surface area contributed by atoms with Crippen LogP contribution < -0.4 is 5.32 Å². The van der Waals surface area contributed by atoms with Crippen molar-refractivity contribution in [1.29, 1.82) is 0 Å². The lowest BCUT2D eigenvalue weighted by atomic mass is 10.1. The zero-order chi connectivity index (χ0) is 14.7. The van der Waals surface area contributed by atoms with Crippen LogP contribution in [0.25, 0.3) is 0 Å². The maximum atomic E-state index is 12.6.